The zero-order valence-corrected chi connectivity index (χ0v) is 10.0. The Morgan fingerprint density at radius 2 is 1.69 bits per heavy atom. The van der Waals surface area contributed by atoms with E-state index in [9.17, 15) is 0 Å². The first-order chi connectivity index (χ1) is 7.83. The molecule has 78 valence electrons. The minimum Gasteiger partial charge on any atom is -0.514 e. The molecule has 0 spiro atoms. The monoisotopic (exact) mass is 223 g/mol. The summed E-state index contributed by atoms with van der Waals surface area (Å²) in [4.78, 5) is 0. The van der Waals surface area contributed by atoms with Gasteiger partial charge < -0.3 is 8.19 Å². The van der Waals surface area contributed by atoms with Gasteiger partial charge in [-0.25, -0.2) is 0 Å². The summed E-state index contributed by atoms with van der Waals surface area (Å²) in [5.41, 5.74) is 2.66. The first-order valence-corrected chi connectivity index (χ1v) is 6.32. The highest BCUT2D eigenvalue weighted by Gasteiger charge is 1.93. The van der Waals surface area contributed by atoms with E-state index in [-0.39, 0.29) is 0 Å². The van der Waals surface area contributed by atoms with Gasteiger partial charge in [0.1, 0.15) is 0 Å². The second-order valence-corrected chi connectivity index (χ2v) is 5.26. The molecule has 1 heteroatoms. The predicted octanol–water partition coefficient (Wildman–Crippen LogP) is 5.11. The Kier molecular flexibility index (Phi) is 2.31. The second kappa shape index (κ2) is 3.81. The lowest BCUT2D eigenvalue weighted by Crippen LogP contribution is -1.68. The van der Waals surface area contributed by atoms with E-state index in [1.165, 1.54) is 35.1 Å². The van der Waals surface area contributed by atoms with Crippen LogP contribution in [0.15, 0.2) is 54.6 Å². The van der Waals surface area contributed by atoms with Crippen LogP contribution in [0.1, 0.15) is 5.56 Å². The van der Waals surface area contributed by atoms with E-state index in [1.54, 1.807) is 0 Å². The lowest BCUT2D eigenvalue weighted by atomic mass is 10.1. The van der Waals surface area contributed by atoms with Crippen LogP contribution in [0.4, 0.5) is 0 Å². The van der Waals surface area contributed by atoms with Gasteiger partial charge in [0.2, 0.25) is 0 Å². The molecule has 0 saturated carbocycles. The molecule has 0 saturated heterocycles. The van der Waals surface area contributed by atoms with Crippen LogP contribution in [-0.2, 0) is 0 Å². The number of fused-ring (bicyclic) bond motifs is 1. The Hall–Kier alpha value is -1.52. The van der Waals surface area contributed by atoms with Gasteiger partial charge in [0.05, 0.1) is 0 Å². The number of rotatable bonds is 1. The van der Waals surface area contributed by atoms with Crippen molar-refractivity contribution in [1.29, 1.82) is 0 Å². The SMILES string of the molecule is Cc1ccc2[p-]c(-c3ccccc3)cc2c1. The van der Waals surface area contributed by atoms with Crippen LogP contribution in [0.3, 0.4) is 0 Å². The van der Waals surface area contributed by atoms with Crippen LogP contribution in [0, 0.1) is 6.92 Å². The Morgan fingerprint density at radius 1 is 0.875 bits per heavy atom. The third-order valence-electron chi connectivity index (χ3n) is 2.79. The topological polar surface area (TPSA) is 0 Å². The molecule has 1 heterocycles. The molecule has 1 aromatic heterocycles. The lowest BCUT2D eigenvalue weighted by molar-refractivity contribution is 1.51. The average Bonchev–Trinajstić information content (AvgIpc) is 2.73. The van der Waals surface area contributed by atoms with Gasteiger partial charge in [0.15, 0.2) is 0 Å². The predicted molar refractivity (Wildman–Crippen MR) is 72.2 cm³/mol. The summed E-state index contributed by atoms with van der Waals surface area (Å²) in [6.07, 6.45) is 0. The Labute approximate surface area is 97.0 Å². The van der Waals surface area contributed by atoms with E-state index in [0.29, 0.717) is 0 Å². The van der Waals surface area contributed by atoms with Crippen molar-refractivity contribution in [1.82, 2.24) is 0 Å². The molecule has 0 N–H and O–H groups in total. The van der Waals surface area contributed by atoms with E-state index in [0.717, 1.165) is 0 Å². The fourth-order valence-electron chi connectivity index (χ4n) is 1.96. The summed E-state index contributed by atoms with van der Waals surface area (Å²) >= 11 is 0. The first-order valence-electron chi connectivity index (χ1n) is 5.42. The summed E-state index contributed by atoms with van der Waals surface area (Å²) in [6.45, 7) is 2.14. The largest absolute Gasteiger partial charge is 0.514 e. The van der Waals surface area contributed by atoms with E-state index in [4.69, 9.17) is 0 Å². The third kappa shape index (κ3) is 1.66. The fourth-order valence-corrected chi connectivity index (χ4v) is 3.11. The summed E-state index contributed by atoms with van der Waals surface area (Å²) in [5, 5.41) is 4.20. The second-order valence-electron chi connectivity index (χ2n) is 4.07. The highest BCUT2D eigenvalue weighted by atomic mass is 31.0. The Bertz CT molecular complexity index is 620. The van der Waals surface area contributed by atoms with Crippen LogP contribution in [-0.4, -0.2) is 0 Å². The highest BCUT2D eigenvalue weighted by molar-refractivity contribution is 7.40. The maximum absolute atomic E-state index is 2.30. The zero-order chi connectivity index (χ0) is 11.0. The summed E-state index contributed by atoms with van der Waals surface area (Å²) < 4.78 is 0. The minimum atomic E-state index is 1.33. The summed E-state index contributed by atoms with van der Waals surface area (Å²) in [7, 11) is 1.33. The van der Waals surface area contributed by atoms with Gasteiger partial charge in [-0.1, -0.05) is 65.5 Å². The standard InChI is InChI=1S/C15H12P/c1-11-7-8-14-13(9-11)10-15(16-14)12-5-3-2-4-6-12/h2-10H,1H3/q-1. The molecule has 3 aromatic rings. The van der Waals surface area contributed by atoms with Gasteiger partial charge in [-0.15, -0.1) is 0 Å². The third-order valence-corrected chi connectivity index (χ3v) is 4.06. The van der Waals surface area contributed by atoms with Crippen LogP contribution in [0.5, 0.6) is 0 Å². The smallest absolute Gasteiger partial charge is 0.0398 e. The van der Waals surface area contributed by atoms with Crippen molar-refractivity contribution < 1.29 is 0 Å². The molecule has 0 unspecified atom stereocenters. The van der Waals surface area contributed by atoms with Gasteiger partial charge in [0, 0.05) is 0 Å². The Morgan fingerprint density at radius 3 is 2.50 bits per heavy atom. The van der Waals surface area contributed by atoms with Crippen molar-refractivity contribution in [3.05, 3.63) is 60.2 Å². The number of hydrogen-bond acceptors (Lipinski definition) is 0. The van der Waals surface area contributed by atoms with E-state index in [1.807, 2.05) is 0 Å². The van der Waals surface area contributed by atoms with Crippen LogP contribution < -0.4 is 0 Å². The first kappa shape index (κ1) is 9.69. The molecule has 0 aliphatic heterocycles. The van der Waals surface area contributed by atoms with Crippen molar-refractivity contribution in [3.63, 3.8) is 0 Å². The molecule has 16 heavy (non-hydrogen) atoms. The van der Waals surface area contributed by atoms with E-state index < -0.39 is 0 Å². The molecule has 0 bridgehead atoms. The van der Waals surface area contributed by atoms with Crippen molar-refractivity contribution in [2.45, 2.75) is 6.92 Å². The van der Waals surface area contributed by atoms with Crippen molar-refractivity contribution in [2.75, 3.05) is 0 Å². The number of aryl methyl sites for hydroxylation is 1. The zero-order valence-electron chi connectivity index (χ0n) is 9.14. The average molecular weight is 223 g/mol. The lowest BCUT2D eigenvalue weighted by Gasteiger charge is -2.05. The maximum atomic E-state index is 2.30. The van der Waals surface area contributed by atoms with Crippen molar-refractivity contribution in [2.24, 2.45) is 0 Å². The normalized spacial score (nSPS) is 11.3. The van der Waals surface area contributed by atoms with Gasteiger partial charge in [-0.3, -0.25) is 0 Å². The molecule has 0 atom stereocenters. The van der Waals surface area contributed by atoms with Gasteiger partial charge in [-0.2, -0.15) is 10.4 Å². The molecule has 2 aromatic carbocycles. The van der Waals surface area contributed by atoms with E-state index in [2.05, 4.69) is 61.5 Å². The maximum Gasteiger partial charge on any atom is -0.0398 e. The summed E-state index contributed by atoms with van der Waals surface area (Å²) in [6, 6.07) is 19.6. The van der Waals surface area contributed by atoms with Crippen LogP contribution in [0.2, 0.25) is 0 Å². The molecule has 0 radical (unpaired) electrons. The molecular formula is C15H12P-. The number of benzene rings is 2. The fraction of sp³-hybridized carbons (Fsp3) is 0.0667. The molecule has 0 amide bonds. The molecular weight excluding hydrogens is 211 g/mol. The van der Waals surface area contributed by atoms with Crippen molar-refractivity contribution >= 4 is 18.7 Å². The summed E-state index contributed by atoms with van der Waals surface area (Å²) in [5.74, 6) is 0. The Balaban J connectivity index is 2.19. The molecule has 3 rings (SSSR count). The molecule has 0 aliphatic rings. The number of hydrogen-bond donors (Lipinski definition) is 0. The molecule has 0 fully saturated rings. The van der Waals surface area contributed by atoms with Crippen LogP contribution >= 0.6 is 8.19 Å². The minimum absolute atomic E-state index is 1.33. The molecule has 0 nitrogen and oxygen atoms in total. The van der Waals surface area contributed by atoms with Crippen LogP contribution in [0.25, 0.3) is 21.4 Å². The van der Waals surface area contributed by atoms with Gasteiger partial charge >= 0.3 is 0 Å². The highest BCUT2D eigenvalue weighted by Crippen LogP contribution is 2.37. The van der Waals surface area contributed by atoms with Gasteiger partial charge in [-0.05, 0) is 12.5 Å². The van der Waals surface area contributed by atoms with Gasteiger partial charge in [0.25, 0.3) is 0 Å². The van der Waals surface area contributed by atoms with E-state index >= 15 is 0 Å². The van der Waals surface area contributed by atoms with Crippen molar-refractivity contribution in [3.8, 4) is 10.9 Å². The molecule has 0 aliphatic carbocycles. The quantitative estimate of drug-likeness (QED) is 0.537.